The highest BCUT2D eigenvalue weighted by atomic mass is 16.5. The smallest absolute Gasteiger partial charge is 0.274 e. The van der Waals surface area contributed by atoms with Crippen LogP contribution in [0.5, 0.6) is 5.75 Å². The summed E-state index contributed by atoms with van der Waals surface area (Å²) in [6.45, 7) is 3.98. The largest absolute Gasteiger partial charge is 0.495 e. The average Bonchev–Trinajstić information content (AvgIpc) is 2.75. The van der Waals surface area contributed by atoms with Crippen LogP contribution in [-0.2, 0) is 6.42 Å². The van der Waals surface area contributed by atoms with Gasteiger partial charge in [-0.05, 0) is 48.7 Å². The first-order chi connectivity index (χ1) is 14.0. The molecule has 2 aromatic carbocycles. The molecule has 148 valence electrons. The molecule has 3 aromatic rings. The van der Waals surface area contributed by atoms with Crippen LogP contribution >= 0.6 is 0 Å². The summed E-state index contributed by atoms with van der Waals surface area (Å²) in [6.07, 6.45) is 2.25. The van der Waals surface area contributed by atoms with Crippen LogP contribution in [0.25, 0.3) is 0 Å². The van der Waals surface area contributed by atoms with E-state index in [4.69, 9.17) is 4.74 Å². The molecule has 0 unspecified atom stereocenters. The number of carbonyl (C=O) groups excluding carboxylic acids is 2. The monoisotopic (exact) mass is 389 g/mol. The van der Waals surface area contributed by atoms with Gasteiger partial charge >= 0.3 is 0 Å². The number of para-hydroxylation sites is 3. The van der Waals surface area contributed by atoms with Gasteiger partial charge in [0, 0.05) is 17.4 Å². The lowest BCUT2D eigenvalue weighted by Gasteiger charge is -2.13. The Morgan fingerprint density at radius 3 is 2.55 bits per heavy atom. The predicted molar refractivity (Wildman–Crippen MR) is 114 cm³/mol. The van der Waals surface area contributed by atoms with Gasteiger partial charge in [-0.15, -0.1) is 0 Å². The van der Waals surface area contributed by atoms with Gasteiger partial charge in [-0.3, -0.25) is 14.6 Å². The maximum Gasteiger partial charge on any atom is 0.274 e. The van der Waals surface area contributed by atoms with Gasteiger partial charge in [0.15, 0.2) is 0 Å². The third kappa shape index (κ3) is 4.60. The van der Waals surface area contributed by atoms with E-state index in [0.29, 0.717) is 17.0 Å². The molecule has 0 bridgehead atoms. The number of hydrogen-bond donors (Lipinski definition) is 2. The number of amides is 2. The number of aromatic nitrogens is 1. The molecule has 0 atom stereocenters. The van der Waals surface area contributed by atoms with Crippen LogP contribution in [0.1, 0.15) is 38.9 Å². The van der Waals surface area contributed by atoms with Gasteiger partial charge in [0.1, 0.15) is 11.4 Å². The highest BCUT2D eigenvalue weighted by molar-refractivity contribution is 6.08. The first-order valence-corrected chi connectivity index (χ1v) is 9.33. The number of rotatable bonds is 6. The first-order valence-electron chi connectivity index (χ1n) is 9.33. The summed E-state index contributed by atoms with van der Waals surface area (Å²) in [6, 6.07) is 16.1. The normalized spacial score (nSPS) is 10.3. The second kappa shape index (κ2) is 9.01. The van der Waals surface area contributed by atoms with E-state index in [1.807, 2.05) is 38.1 Å². The number of hydrogen-bond acceptors (Lipinski definition) is 4. The van der Waals surface area contributed by atoms with Gasteiger partial charge in [-0.1, -0.05) is 37.3 Å². The Kier molecular flexibility index (Phi) is 6.24. The number of anilines is 2. The Balaban J connectivity index is 1.80. The maximum atomic E-state index is 12.7. The van der Waals surface area contributed by atoms with Gasteiger partial charge in [0.2, 0.25) is 0 Å². The molecule has 0 aliphatic heterocycles. The minimum Gasteiger partial charge on any atom is -0.495 e. The van der Waals surface area contributed by atoms with Gasteiger partial charge in [-0.2, -0.15) is 0 Å². The molecular weight excluding hydrogens is 366 g/mol. The number of aryl methyl sites for hydroxylation is 2. The van der Waals surface area contributed by atoms with Crippen molar-refractivity contribution >= 4 is 23.2 Å². The highest BCUT2D eigenvalue weighted by Gasteiger charge is 2.15. The molecular formula is C23H23N3O3. The predicted octanol–water partition coefficient (Wildman–Crippen LogP) is 4.47. The van der Waals surface area contributed by atoms with E-state index in [1.165, 1.54) is 19.4 Å². The Labute approximate surface area is 169 Å². The van der Waals surface area contributed by atoms with E-state index in [1.54, 1.807) is 24.3 Å². The highest BCUT2D eigenvalue weighted by Crippen LogP contribution is 2.24. The van der Waals surface area contributed by atoms with Crippen molar-refractivity contribution in [2.75, 3.05) is 17.7 Å². The number of methoxy groups -OCH3 is 1. The molecule has 0 saturated carbocycles. The van der Waals surface area contributed by atoms with Crippen molar-refractivity contribution in [3.05, 3.63) is 83.2 Å². The Morgan fingerprint density at radius 1 is 1.00 bits per heavy atom. The number of ether oxygens (including phenoxy) is 1. The molecule has 29 heavy (non-hydrogen) atoms. The fourth-order valence-corrected chi connectivity index (χ4v) is 3.02. The van der Waals surface area contributed by atoms with E-state index >= 15 is 0 Å². The molecule has 6 nitrogen and oxygen atoms in total. The second-order valence-electron chi connectivity index (χ2n) is 6.50. The fraction of sp³-hybridized carbons (Fsp3) is 0.174. The SMILES string of the molecule is CCc1cccc(C)c1NC(=O)c1cc(C(=O)Nc2ccccc2OC)ccn1. The molecule has 2 N–H and O–H groups in total. The maximum absolute atomic E-state index is 12.7. The topological polar surface area (TPSA) is 80.3 Å². The molecule has 0 fully saturated rings. The van der Waals surface area contributed by atoms with Gasteiger partial charge < -0.3 is 15.4 Å². The summed E-state index contributed by atoms with van der Waals surface area (Å²) in [5.41, 5.74) is 3.85. The van der Waals surface area contributed by atoms with Crippen molar-refractivity contribution in [3.63, 3.8) is 0 Å². The molecule has 0 spiro atoms. The molecule has 0 radical (unpaired) electrons. The van der Waals surface area contributed by atoms with Crippen LogP contribution < -0.4 is 15.4 Å². The zero-order valence-corrected chi connectivity index (χ0v) is 16.7. The third-order valence-corrected chi connectivity index (χ3v) is 4.59. The standard InChI is InChI=1S/C23H23N3O3/c1-4-16-9-7-8-15(2)21(16)26-23(28)19-14-17(12-13-24-19)22(27)25-18-10-5-6-11-20(18)29-3/h5-14H,4H2,1-3H3,(H,25,27)(H,26,28). The number of nitrogens with one attached hydrogen (secondary N) is 2. The van der Waals surface area contributed by atoms with Crippen LogP contribution in [-0.4, -0.2) is 23.9 Å². The van der Waals surface area contributed by atoms with Crippen LogP contribution in [0.3, 0.4) is 0 Å². The van der Waals surface area contributed by atoms with Crippen LogP contribution in [0, 0.1) is 6.92 Å². The lowest BCUT2D eigenvalue weighted by Crippen LogP contribution is -2.18. The molecule has 3 rings (SSSR count). The van der Waals surface area contributed by atoms with Crippen molar-refractivity contribution in [2.45, 2.75) is 20.3 Å². The molecule has 0 saturated heterocycles. The van der Waals surface area contributed by atoms with E-state index < -0.39 is 0 Å². The van der Waals surface area contributed by atoms with Crippen molar-refractivity contribution in [1.29, 1.82) is 0 Å². The van der Waals surface area contributed by atoms with Gasteiger partial charge in [0.05, 0.1) is 12.8 Å². The van der Waals surface area contributed by atoms with Crippen molar-refractivity contribution < 1.29 is 14.3 Å². The molecule has 0 aliphatic carbocycles. The van der Waals surface area contributed by atoms with E-state index in [2.05, 4.69) is 15.6 Å². The molecule has 0 aliphatic rings. The lowest BCUT2D eigenvalue weighted by molar-refractivity contribution is 0.102. The first kappa shape index (κ1) is 20.1. The Bertz CT molecular complexity index is 1050. The van der Waals surface area contributed by atoms with Crippen LogP contribution in [0.15, 0.2) is 60.8 Å². The Hall–Kier alpha value is -3.67. The summed E-state index contributed by atoms with van der Waals surface area (Å²) in [5, 5.41) is 5.72. The summed E-state index contributed by atoms with van der Waals surface area (Å²) in [5.74, 6) is -0.156. The summed E-state index contributed by atoms with van der Waals surface area (Å²) in [4.78, 5) is 29.5. The zero-order chi connectivity index (χ0) is 20.8. The summed E-state index contributed by atoms with van der Waals surface area (Å²) in [7, 11) is 1.54. The molecule has 1 heterocycles. The van der Waals surface area contributed by atoms with Crippen molar-refractivity contribution in [3.8, 4) is 5.75 Å². The van der Waals surface area contributed by atoms with Crippen LogP contribution in [0.4, 0.5) is 11.4 Å². The van der Waals surface area contributed by atoms with E-state index in [9.17, 15) is 9.59 Å². The summed E-state index contributed by atoms with van der Waals surface area (Å²) < 4.78 is 5.25. The van der Waals surface area contributed by atoms with Crippen molar-refractivity contribution in [2.24, 2.45) is 0 Å². The minimum atomic E-state index is -0.360. The minimum absolute atomic E-state index is 0.169. The molecule has 6 heteroatoms. The van der Waals surface area contributed by atoms with E-state index in [-0.39, 0.29) is 17.5 Å². The lowest BCUT2D eigenvalue weighted by atomic mass is 10.1. The fourth-order valence-electron chi connectivity index (χ4n) is 3.02. The molecule has 1 aromatic heterocycles. The number of benzene rings is 2. The number of pyridine rings is 1. The van der Waals surface area contributed by atoms with Gasteiger partial charge in [-0.25, -0.2) is 0 Å². The Morgan fingerprint density at radius 2 is 1.79 bits per heavy atom. The van der Waals surface area contributed by atoms with Crippen LogP contribution in [0.2, 0.25) is 0 Å². The summed E-state index contributed by atoms with van der Waals surface area (Å²) >= 11 is 0. The average molecular weight is 389 g/mol. The quantitative estimate of drug-likeness (QED) is 0.652. The third-order valence-electron chi connectivity index (χ3n) is 4.59. The number of carbonyl (C=O) groups is 2. The number of nitrogens with zero attached hydrogens (tertiary/aromatic N) is 1. The second-order valence-corrected chi connectivity index (χ2v) is 6.50. The molecule has 2 amide bonds. The van der Waals surface area contributed by atoms with E-state index in [0.717, 1.165) is 23.2 Å². The van der Waals surface area contributed by atoms with Crippen molar-refractivity contribution in [1.82, 2.24) is 4.98 Å². The van der Waals surface area contributed by atoms with Gasteiger partial charge in [0.25, 0.3) is 11.8 Å². The zero-order valence-electron chi connectivity index (χ0n) is 16.7.